The van der Waals surface area contributed by atoms with Crippen LogP contribution in [-0.2, 0) is 0 Å². The van der Waals surface area contributed by atoms with Crippen LogP contribution in [0.5, 0.6) is 0 Å². The van der Waals surface area contributed by atoms with E-state index in [9.17, 15) is 0 Å². The number of rotatable bonds is 7. The van der Waals surface area contributed by atoms with E-state index in [1.807, 2.05) is 0 Å². The molecule has 116 valence electrons. The summed E-state index contributed by atoms with van der Waals surface area (Å²) in [6.07, 6.45) is 14.1. The molecule has 1 heterocycles. The van der Waals surface area contributed by atoms with Crippen LogP contribution in [0.25, 0.3) is 0 Å². The molecule has 0 unspecified atom stereocenters. The lowest BCUT2D eigenvalue weighted by Gasteiger charge is -2.34. The van der Waals surface area contributed by atoms with E-state index in [0.29, 0.717) is 0 Å². The summed E-state index contributed by atoms with van der Waals surface area (Å²) in [5, 5.41) is 0. The SMILES string of the molecule is CCCCCCCN1CN(C2CCCCC2)C(C)=C1C. The largest absolute Gasteiger partial charge is 0.356 e. The van der Waals surface area contributed by atoms with Gasteiger partial charge < -0.3 is 9.80 Å². The Bertz CT molecular complexity index is 315. The van der Waals surface area contributed by atoms with Gasteiger partial charge in [-0.2, -0.15) is 0 Å². The highest BCUT2D eigenvalue weighted by Crippen LogP contribution is 2.31. The lowest BCUT2D eigenvalue weighted by Crippen LogP contribution is -2.37. The van der Waals surface area contributed by atoms with Crippen LogP contribution < -0.4 is 0 Å². The zero-order valence-electron chi connectivity index (χ0n) is 14.0. The van der Waals surface area contributed by atoms with Gasteiger partial charge in [0.15, 0.2) is 0 Å². The Labute approximate surface area is 126 Å². The minimum atomic E-state index is 0.823. The molecule has 2 aliphatic rings. The van der Waals surface area contributed by atoms with Gasteiger partial charge in [0.1, 0.15) is 0 Å². The third-order valence-corrected chi connectivity index (χ3v) is 5.30. The number of hydrogen-bond donors (Lipinski definition) is 0. The van der Waals surface area contributed by atoms with Crippen molar-refractivity contribution in [2.45, 2.75) is 91.0 Å². The molecule has 0 radical (unpaired) electrons. The second-order valence-electron chi connectivity index (χ2n) is 6.75. The van der Waals surface area contributed by atoms with Gasteiger partial charge in [-0.05, 0) is 33.1 Å². The maximum Gasteiger partial charge on any atom is 0.0901 e. The van der Waals surface area contributed by atoms with Crippen LogP contribution in [0.15, 0.2) is 11.4 Å². The number of allylic oxidation sites excluding steroid dienone is 2. The lowest BCUT2D eigenvalue weighted by atomic mass is 9.94. The molecule has 0 saturated heterocycles. The summed E-state index contributed by atoms with van der Waals surface area (Å²) in [7, 11) is 0. The molecule has 0 aromatic carbocycles. The second-order valence-corrected chi connectivity index (χ2v) is 6.75. The lowest BCUT2D eigenvalue weighted by molar-refractivity contribution is 0.161. The van der Waals surface area contributed by atoms with E-state index >= 15 is 0 Å². The van der Waals surface area contributed by atoms with Crippen molar-refractivity contribution in [2.24, 2.45) is 0 Å². The molecule has 2 heteroatoms. The van der Waals surface area contributed by atoms with Crippen molar-refractivity contribution in [2.75, 3.05) is 13.2 Å². The van der Waals surface area contributed by atoms with Crippen molar-refractivity contribution in [1.29, 1.82) is 0 Å². The standard InChI is InChI=1S/C18H34N2/c1-4-5-6-7-11-14-19-15-20(17(3)16(19)2)18-12-9-8-10-13-18/h18H,4-15H2,1-3H3. The summed E-state index contributed by atoms with van der Waals surface area (Å²) in [6.45, 7) is 9.37. The van der Waals surface area contributed by atoms with Crippen molar-refractivity contribution >= 4 is 0 Å². The highest BCUT2D eigenvalue weighted by Gasteiger charge is 2.29. The van der Waals surface area contributed by atoms with E-state index in [1.54, 1.807) is 5.70 Å². The second kappa shape index (κ2) is 7.95. The number of unbranched alkanes of at least 4 members (excludes halogenated alkanes) is 4. The minimum absolute atomic E-state index is 0.823. The maximum absolute atomic E-state index is 2.69. The van der Waals surface area contributed by atoms with Gasteiger partial charge in [-0.25, -0.2) is 0 Å². The van der Waals surface area contributed by atoms with Crippen molar-refractivity contribution in [3.05, 3.63) is 11.4 Å². The van der Waals surface area contributed by atoms with Crippen LogP contribution in [0.1, 0.15) is 85.0 Å². The van der Waals surface area contributed by atoms with Crippen molar-refractivity contribution in [3.63, 3.8) is 0 Å². The zero-order chi connectivity index (χ0) is 14.4. The van der Waals surface area contributed by atoms with Crippen molar-refractivity contribution < 1.29 is 0 Å². The van der Waals surface area contributed by atoms with Crippen LogP contribution in [0, 0.1) is 0 Å². The Hall–Kier alpha value is -0.660. The smallest absolute Gasteiger partial charge is 0.0901 e. The van der Waals surface area contributed by atoms with Gasteiger partial charge >= 0.3 is 0 Å². The van der Waals surface area contributed by atoms with Crippen LogP contribution in [-0.4, -0.2) is 29.1 Å². The van der Waals surface area contributed by atoms with Gasteiger partial charge in [0.2, 0.25) is 0 Å². The first-order valence-electron chi connectivity index (χ1n) is 8.93. The van der Waals surface area contributed by atoms with Gasteiger partial charge in [0, 0.05) is 24.0 Å². The molecular weight excluding hydrogens is 244 g/mol. The van der Waals surface area contributed by atoms with Gasteiger partial charge in [-0.15, -0.1) is 0 Å². The molecular formula is C18H34N2. The Kier molecular flexibility index (Phi) is 6.25. The molecule has 1 aliphatic heterocycles. The van der Waals surface area contributed by atoms with Gasteiger partial charge in [0.05, 0.1) is 6.67 Å². The normalized spacial score (nSPS) is 21.1. The Morgan fingerprint density at radius 1 is 0.900 bits per heavy atom. The number of hydrogen-bond acceptors (Lipinski definition) is 2. The first kappa shape index (κ1) is 15.7. The predicted octanol–water partition coefficient (Wildman–Crippen LogP) is 5.12. The maximum atomic E-state index is 2.69. The molecule has 1 fully saturated rings. The molecule has 20 heavy (non-hydrogen) atoms. The molecule has 1 aliphatic carbocycles. The topological polar surface area (TPSA) is 6.48 Å². The first-order valence-corrected chi connectivity index (χ1v) is 8.93. The molecule has 2 nitrogen and oxygen atoms in total. The molecule has 0 aromatic rings. The number of nitrogens with zero attached hydrogens (tertiary/aromatic N) is 2. The third kappa shape index (κ3) is 3.93. The molecule has 0 aromatic heterocycles. The van der Waals surface area contributed by atoms with Crippen LogP contribution in [0.3, 0.4) is 0 Å². The molecule has 1 saturated carbocycles. The summed E-state index contributed by atoms with van der Waals surface area (Å²) in [5.74, 6) is 0. The Morgan fingerprint density at radius 2 is 1.60 bits per heavy atom. The summed E-state index contributed by atoms with van der Waals surface area (Å²) >= 11 is 0. The van der Waals surface area contributed by atoms with Crippen LogP contribution in [0.2, 0.25) is 0 Å². The monoisotopic (exact) mass is 278 g/mol. The average Bonchev–Trinajstić information content (AvgIpc) is 2.76. The molecule has 0 spiro atoms. The molecule has 0 amide bonds. The van der Waals surface area contributed by atoms with Crippen LogP contribution >= 0.6 is 0 Å². The summed E-state index contributed by atoms with van der Waals surface area (Å²) in [4.78, 5) is 5.32. The highest BCUT2D eigenvalue weighted by atomic mass is 15.4. The van der Waals surface area contributed by atoms with E-state index in [2.05, 4.69) is 30.6 Å². The zero-order valence-corrected chi connectivity index (χ0v) is 14.0. The third-order valence-electron chi connectivity index (χ3n) is 5.30. The van der Waals surface area contributed by atoms with Crippen molar-refractivity contribution in [1.82, 2.24) is 9.80 Å². The summed E-state index contributed by atoms with van der Waals surface area (Å²) < 4.78 is 0. The van der Waals surface area contributed by atoms with E-state index in [-0.39, 0.29) is 0 Å². The van der Waals surface area contributed by atoms with Gasteiger partial charge in [0.25, 0.3) is 0 Å². The fourth-order valence-corrected chi connectivity index (χ4v) is 3.76. The summed E-state index contributed by atoms with van der Waals surface area (Å²) in [5.41, 5.74) is 3.08. The Balaban J connectivity index is 1.78. The van der Waals surface area contributed by atoms with E-state index in [1.165, 1.54) is 76.5 Å². The van der Waals surface area contributed by atoms with Gasteiger partial charge in [-0.3, -0.25) is 0 Å². The molecule has 0 bridgehead atoms. The van der Waals surface area contributed by atoms with Crippen molar-refractivity contribution in [3.8, 4) is 0 Å². The quantitative estimate of drug-likeness (QED) is 0.597. The fraction of sp³-hybridized carbons (Fsp3) is 0.889. The fourth-order valence-electron chi connectivity index (χ4n) is 3.76. The molecule has 0 atom stereocenters. The predicted molar refractivity (Wildman–Crippen MR) is 87.4 cm³/mol. The first-order chi connectivity index (χ1) is 9.74. The Morgan fingerprint density at radius 3 is 2.30 bits per heavy atom. The minimum Gasteiger partial charge on any atom is -0.356 e. The van der Waals surface area contributed by atoms with E-state index < -0.39 is 0 Å². The summed E-state index contributed by atoms with van der Waals surface area (Å²) in [6, 6.07) is 0.823. The van der Waals surface area contributed by atoms with Crippen LogP contribution in [0.4, 0.5) is 0 Å². The van der Waals surface area contributed by atoms with Gasteiger partial charge in [-0.1, -0.05) is 51.9 Å². The average molecular weight is 278 g/mol. The highest BCUT2D eigenvalue weighted by molar-refractivity contribution is 5.15. The van der Waals surface area contributed by atoms with E-state index in [0.717, 1.165) is 12.7 Å². The molecule has 0 N–H and O–H groups in total. The van der Waals surface area contributed by atoms with E-state index in [4.69, 9.17) is 0 Å². The molecule has 2 rings (SSSR count).